The van der Waals surface area contributed by atoms with Crippen LogP contribution in [0.15, 0.2) is 24.4 Å². The van der Waals surface area contributed by atoms with E-state index in [0.717, 1.165) is 58.1 Å². The van der Waals surface area contributed by atoms with E-state index in [-0.39, 0.29) is 12.1 Å². The lowest BCUT2D eigenvalue weighted by Crippen LogP contribution is -2.55. The lowest BCUT2D eigenvalue weighted by molar-refractivity contribution is 0.0109. The number of amides is 2. The number of carbonyl (C=O) groups excluding carboxylic acids is 1. The molecular formula is C16H22N4O2. The van der Waals surface area contributed by atoms with Crippen molar-refractivity contribution < 1.29 is 9.53 Å². The number of urea groups is 1. The van der Waals surface area contributed by atoms with Gasteiger partial charge < -0.3 is 9.64 Å². The number of carbonyl (C=O) groups is 1. The van der Waals surface area contributed by atoms with E-state index < -0.39 is 0 Å². The SMILES string of the molecule is O=C1N(c2ccccn2)C[C@H]2CN(C3CCOCC3)CCN12. The second-order valence-corrected chi connectivity index (χ2v) is 6.27. The molecule has 22 heavy (non-hydrogen) atoms. The summed E-state index contributed by atoms with van der Waals surface area (Å²) < 4.78 is 5.46. The highest BCUT2D eigenvalue weighted by Crippen LogP contribution is 2.27. The molecule has 1 aromatic rings. The maximum atomic E-state index is 12.6. The normalized spacial score (nSPS) is 27.3. The highest BCUT2D eigenvalue weighted by molar-refractivity contribution is 5.93. The average Bonchev–Trinajstić information content (AvgIpc) is 2.93. The van der Waals surface area contributed by atoms with Crippen molar-refractivity contribution in [2.75, 3.05) is 44.3 Å². The Bertz CT molecular complexity index is 532. The number of ether oxygens (including phenoxy) is 1. The van der Waals surface area contributed by atoms with Gasteiger partial charge in [-0.1, -0.05) is 6.07 Å². The van der Waals surface area contributed by atoms with Gasteiger partial charge in [-0.2, -0.15) is 0 Å². The van der Waals surface area contributed by atoms with Gasteiger partial charge in [0.25, 0.3) is 0 Å². The van der Waals surface area contributed by atoms with Crippen LogP contribution in [0, 0.1) is 0 Å². The van der Waals surface area contributed by atoms with Gasteiger partial charge in [-0.05, 0) is 25.0 Å². The summed E-state index contributed by atoms with van der Waals surface area (Å²) in [5, 5.41) is 0. The van der Waals surface area contributed by atoms with Crippen molar-refractivity contribution in [1.29, 1.82) is 0 Å². The molecule has 3 aliphatic rings. The number of pyridine rings is 1. The van der Waals surface area contributed by atoms with Gasteiger partial charge in [-0.25, -0.2) is 9.78 Å². The molecular weight excluding hydrogens is 280 g/mol. The zero-order valence-electron chi connectivity index (χ0n) is 12.7. The first-order chi connectivity index (χ1) is 10.8. The van der Waals surface area contributed by atoms with E-state index in [1.807, 2.05) is 28.0 Å². The number of piperazine rings is 1. The van der Waals surface area contributed by atoms with E-state index in [4.69, 9.17) is 4.74 Å². The maximum absolute atomic E-state index is 12.6. The fourth-order valence-electron chi connectivity index (χ4n) is 3.82. The summed E-state index contributed by atoms with van der Waals surface area (Å²) in [5.74, 6) is 0.763. The molecule has 0 radical (unpaired) electrons. The third kappa shape index (κ3) is 2.46. The number of rotatable bonds is 2. The summed E-state index contributed by atoms with van der Waals surface area (Å²) in [4.78, 5) is 23.3. The molecule has 3 saturated heterocycles. The molecule has 0 aliphatic carbocycles. The minimum absolute atomic E-state index is 0.107. The minimum Gasteiger partial charge on any atom is -0.381 e. The van der Waals surface area contributed by atoms with Crippen molar-refractivity contribution >= 4 is 11.8 Å². The summed E-state index contributed by atoms with van der Waals surface area (Å²) in [6, 6.07) is 6.73. The maximum Gasteiger partial charge on any atom is 0.326 e. The fourth-order valence-corrected chi connectivity index (χ4v) is 3.82. The smallest absolute Gasteiger partial charge is 0.326 e. The van der Waals surface area contributed by atoms with Crippen LogP contribution < -0.4 is 4.90 Å². The molecule has 0 saturated carbocycles. The van der Waals surface area contributed by atoms with E-state index >= 15 is 0 Å². The van der Waals surface area contributed by atoms with Crippen LogP contribution >= 0.6 is 0 Å². The van der Waals surface area contributed by atoms with Gasteiger partial charge in [-0.15, -0.1) is 0 Å². The number of fused-ring (bicyclic) bond motifs is 1. The van der Waals surface area contributed by atoms with Crippen LogP contribution in [0.1, 0.15) is 12.8 Å². The number of hydrogen-bond donors (Lipinski definition) is 0. The Labute approximate surface area is 130 Å². The quantitative estimate of drug-likeness (QED) is 0.823. The van der Waals surface area contributed by atoms with Crippen molar-refractivity contribution in [2.24, 2.45) is 0 Å². The third-order valence-electron chi connectivity index (χ3n) is 5.02. The van der Waals surface area contributed by atoms with Gasteiger partial charge >= 0.3 is 6.03 Å². The first-order valence-corrected chi connectivity index (χ1v) is 8.14. The second-order valence-electron chi connectivity index (χ2n) is 6.27. The van der Waals surface area contributed by atoms with Crippen LogP contribution in [0.3, 0.4) is 0 Å². The Morgan fingerprint density at radius 1 is 1.09 bits per heavy atom. The fraction of sp³-hybridized carbons (Fsp3) is 0.625. The molecule has 2 amide bonds. The molecule has 1 aromatic heterocycles. The van der Waals surface area contributed by atoms with E-state index in [1.165, 1.54) is 0 Å². The van der Waals surface area contributed by atoms with Crippen molar-refractivity contribution in [3.8, 4) is 0 Å². The van der Waals surface area contributed by atoms with Crippen LogP contribution in [-0.4, -0.2) is 72.3 Å². The van der Waals surface area contributed by atoms with Crippen LogP contribution in [-0.2, 0) is 4.74 Å². The molecule has 0 bridgehead atoms. The van der Waals surface area contributed by atoms with Crippen molar-refractivity contribution in [3.63, 3.8) is 0 Å². The third-order valence-corrected chi connectivity index (χ3v) is 5.02. The van der Waals surface area contributed by atoms with Gasteiger partial charge in [0.1, 0.15) is 5.82 Å². The zero-order chi connectivity index (χ0) is 14.9. The Hall–Kier alpha value is -1.66. The number of hydrogen-bond acceptors (Lipinski definition) is 4. The van der Waals surface area contributed by atoms with E-state index in [0.29, 0.717) is 6.04 Å². The highest BCUT2D eigenvalue weighted by atomic mass is 16.5. The van der Waals surface area contributed by atoms with E-state index in [9.17, 15) is 4.79 Å². The largest absolute Gasteiger partial charge is 0.381 e. The lowest BCUT2D eigenvalue weighted by Gasteiger charge is -2.41. The van der Waals surface area contributed by atoms with Crippen LogP contribution in [0.25, 0.3) is 0 Å². The Balaban J connectivity index is 1.46. The Morgan fingerprint density at radius 3 is 2.73 bits per heavy atom. The van der Waals surface area contributed by atoms with Crippen molar-refractivity contribution in [1.82, 2.24) is 14.8 Å². The minimum atomic E-state index is 0.107. The molecule has 6 nitrogen and oxygen atoms in total. The predicted molar refractivity (Wildman–Crippen MR) is 82.9 cm³/mol. The summed E-state index contributed by atoms with van der Waals surface area (Å²) in [7, 11) is 0. The molecule has 0 aromatic carbocycles. The van der Waals surface area contributed by atoms with Crippen molar-refractivity contribution in [2.45, 2.75) is 24.9 Å². The second kappa shape index (κ2) is 5.85. The zero-order valence-corrected chi connectivity index (χ0v) is 12.7. The number of aromatic nitrogens is 1. The first-order valence-electron chi connectivity index (χ1n) is 8.14. The topological polar surface area (TPSA) is 48.9 Å². The molecule has 0 unspecified atom stereocenters. The van der Waals surface area contributed by atoms with Gasteiger partial charge in [-0.3, -0.25) is 9.80 Å². The van der Waals surface area contributed by atoms with Crippen LogP contribution in [0.2, 0.25) is 0 Å². The molecule has 3 aliphatic heterocycles. The van der Waals surface area contributed by atoms with Gasteiger partial charge in [0, 0.05) is 45.1 Å². The summed E-state index contributed by atoms with van der Waals surface area (Å²) in [5.41, 5.74) is 0. The average molecular weight is 302 g/mol. The standard InChI is InChI=1S/C16H22N4O2/c21-16-19-8-7-18(13-4-9-22-10-5-13)11-14(19)12-20(16)15-3-1-2-6-17-15/h1-3,6,13-14H,4-5,7-12H2/t14-/m1/s1. The molecule has 1 atom stereocenters. The summed E-state index contributed by atoms with van der Waals surface area (Å²) in [6.45, 7) is 5.26. The van der Waals surface area contributed by atoms with Crippen LogP contribution in [0.5, 0.6) is 0 Å². The molecule has 6 heteroatoms. The predicted octanol–water partition coefficient (Wildman–Crippen LogP) is 1.19. The highest BCUT2D eigenvalue weighted by Gasteiger charge is 2.42. The molecule has 4 rings (SSSR count). The van der Waals surface area contributed by atoms with Crippen molar-refractivity contribution in [3.05, 3.63) is 24.4 Å². The monoisotopic (exact) mass is 302 g/mol. The number of nitrogens with zero attached hydrogens (tertiary/aromatic N) is 4. The molecule has 0 spiro atoms. The van der Waals surface area contributed by atoms with Gasteiger partial charge in [0.2, 0.25) is 0 Å². The summed E-state index contributed by atoms with van der Waals surface area (Å²) >= 11 is 0. The summed E-state index contributed by atoms with van der Waals surface area (Å²) in [6.07, 6.45) is 3.98. The Kier molecular flexibility index (Phi) is 3.72. The molecule has 4 heterocycles. The first kappa shape index (κ1) is 14.0. The molecule has 0 N–H and O–H groups in total. The van der Waals surface area contributed by atoms with Gasteiger partial charge in [0.05, 0.1) is 12.6 Å². The molecule has 118 valence electrons. The molecule has 3 fully saturated rings. The van der Waals surface area contributed by atoms with Crippen LogP contribution in [0.4, 0.5) is 10.6 Å². The van der Waals surface area contributed by atoms with E-state index in [1.54, 1.807) is 6.20 Å². The Morgan fingerprint density at radius 2 is 1.95 bits per heavy atom. The lowest BCUT2D eigenvalue weighted by atomic mass is 10.0. The van der Waals surface area contributed by atoms with Gasteiger partial charge in [0.15, 0.2) is 0 Å². The van der Waals surface area contributed by atoms with E-state index in [2.05, 4.69) is 9.88 Å². The number of anilines is 1.